The third-order valence-electron chi connectivity index (χ3n) is 4.27. The quantitative estimate of drug-likeness (QED) is 0.457. The molecule has 0 radical (unpaired) electrons. The molecule has 0 bridgehead atoms. The number of carbonyl (C=O) groups excluding carboxylic acids is 2. The average Bonchev–Trinajstić information content (AvgIpc) is 3.18. The van der Waals surface area contributed by atoms with Crippen LogP contribution in [0.25, 0.3) is 6.08 Å². The molecule has 0 saturated heterocycles. The van der Waals surface area contributed by atoms with Gasteiger partial charge in [-0.05, 0) is 48.9 Å². The van der Waals surface area contributed by atoms with Gasteiger partial charge in [-0.25, -0.2) is 0 Å². The van der Waals surface area contributed by atoms with Gasteiger partial charge in [0.2, 0.25) is 5.78 Å². The summed E-state index contributed by atoms with van der Waals surface area (Å²) in [5.74, 6) is 0.434. The van der Waals surface area contributed by atoms with Gasteiger partial charge in [0.1, 0.15) is 5.69 Å². The number of ketones is 1. The molecule has 1 amide bonds. The van der Waals surface area contributed by atoms with Crippen LogP contribution in [0.4, 0.5) is 5.69 Å². The topological polar surface area (TPSA) is 82.5 Å². The van der Waals surface area contributed by atoms with Crippen LogP contribution in [0.2, 0.25) is 0 Å². The molecule has 1 heterocycles. The van der Waals surface area contributed by atoms with Crippen molar-refractivity contribution >= 4 is 23.5 Å². The molecule has 0 aliphatic carbocycles. The zero-order chi connectivity index (χ0) is 21.5. The van der Waals surface area contributed by atoms with Crippen molar-refractivity contribution in [3.8, 4) is 11.5 Å². The molecule has 3 aromatic rings. The van der Waals surface area contributed by atoms with Crippen molar-refractivity contribution < 1.29 is 19.1 Å². The number of carbonyl (C=O) groups is 2. The van der Waals surface area contributed by atoms with Crippen molar-refractivity contribution in [2.45, 2.75) is 6.92 Å². The standard InChI is InChI=1S/C23H23N3O4/c1-16-4-8-18(9-5-16)24-23(28)15-30-21-11-7-17(14-22(21)29-3)6-10-20(27)19-12-13-26(2)25-19/h4-14H,15H2,1-3H3,(H,24,28)/b10-6+. The minimum absolute atomic E-state index is 0.155. The summed E-state index contributed by atoms with van der Waals surface area (Å²) in [6.07, 6.45) is 4.84. The fourth-order valence-corrected chi connectivity index (χ4v) is 2.69. The number of rotatable bonds is 8. The molecule has 7 nitrogen and oxygen atoms in total. The first-order valence-electron chi connectivity index (χ1n) is 9.34. The lowest BCUT2D eigenvalue weighted by Gasteiger charge is -2.11. The minimum Gasteiger partial charge on any atom is -0.493 e. The van der Waals surface area contributed by atoms with Gasteiger partial charge in [-0.3, -0.25) is 14.3 Å². The Morgan fingerprint density at radius 2 is 1.87 bits per heavy atom. The van der Waals surface area contributed by atoms with Gasteiger partial charge >= 0.3 is 0 Å². The summed E-state index contributed by atoms with van der Waals surface area (Å²) >= 11 is 0. The first kappa shape index (κ1) is 20.9. The fourth-order valence-electron chi connectivity index (χ4n) is 2.69. The highest BCUT2D eigenvalue weighted by Crippen LogP contribution is 2.28. The number of benzene rings is 2. The number of aromatic nitrogens is 2. The highest BCUT2D eigenvalue weighted by molar-refractivity contribution is 6.05. The first-order valence-corrected chi connectivity index (χ1v) is 9.34. The Kier molecular flexibility index (Phi) is 6.64. The summed E-state index contributed by atoms with van der Waals surface area (Å²) < 4.78 is 12.5. The van der Waals surface area contributed by atoms with Crippen LogP contribution in [0.1, 0.15) is 21.6 Å². The second kappa shape index (κ2) is 9.56. The van der Waals surface area contributed by atoms with E-state index in [0.717, 1.165) is 11.1 Å². The smallest absolute Gasteiger partial charge is 0.262 e. The summed E-state index contributed by atoms with van der Waals surface area (Å²) in [7, 11) is 3.27. The molecule has 0 aliphatic heterocycles. The molecule has 0 saturated carbocycles. The maximum atomic E-state index is 12.1. The number of allylic oxidation sites excluding steroid dienone is 1. The van der Waals surface area contributed by atoms with Gasteiger partial charge in [0, 0.05) is 18.9 Å². The Bertz CT molecular complexity index is 1070. The summed E-state index contributed by atoms with van der Waals surface area (Å²) in [5, 5.41) is 6.86. The molecular formula is C23H23N3O4. The number of hydrogen-bond donors (Lipinski definition) is 1. The molecule has 0 unspecified atom stereocenters. The van der Waals surface area contributed by atoms with E-state index in [2.05, 4.69) is 10.4 Å². The second-order valence-electron chi connectivity index (χ2n) is 6.69. The molecule has 0 fully saturated rings. The fraction of sp³-hybridized carbons (Fsp3) is 0.174. The first-order chi connectivity index (χ1) is 14.4. The molecule has 0 spiro atoms. The Morgan fingerprint density at radius 3 is 2.53 bits per heavy atom. The molecule has 1 N–H and O–H groups in total. The second-order valence-corrected chi connectivity index (χ2v) is 6.69. The number of amides is 1. The van der Waals surface area contributed by atoms with E-state index in [1.807, 2.05) is 31.2 Å². The summed E-state index contributed by atoms with van der Waals surface area (Å²) in [6.45, 7) is 1.83. The van der Waals surface area contributed by atoms with Gasteiger partial charge in [0.05, 0.1) is 7.11 Å². The zero-order valence-corrected chi connectivity index (χ0v) is 17.1. The van der Waals surface area contributed by atoms with E-state index in [1.165, 1.54) is 13.2 Å². The predicted molar refractivity (Wildman–Crippen MR) is 115 cm³/mol. The van der Waals surface area contributed by atoms with Crippen molar-refractivity contribution in [1.82, 2.24) is 9.78 Å². The largest absolute Gasteiger partial charge is 0.493 e. The van der Waals surface area contributed by atoms with Crippen molar-refractivity contribution in [3.05, 3.63) is 77.6 Å². The van der Waals surface area contributed by atoms with Gasteiger partial charge in [0.15, 0.2) is 18.1 Å². The van der Waals surface area contributed by atoms with Crippen molar-refractivity contribution in [1.29, 1.82) is 0 Å². The van der Waals surface area contributed by atoms with E-state index in [4.69, 9.17) is 9.47 Å². The van der Waals surface area contributed by atoms with Crippen LogP contribution >= 0.6 is 0 Å². The van der Waals surface area contributed by atoms with Crippen LogP contribution in [0, 0.1) is 6.92 Å². The highest BCUT2D eigenvalue weighted by Gasteiger charge is 2.09. The molecule has 3 rings (SSSR count). The lowest BCUT2D eigenvalue weighted by atomic mass is 10.1. The van der Waals surface area contributed by atoms with Gasteiger partial charge in [0.25, 0.3) is 5.91 Å². The van der Waals surface area contributed by atoms with Crippen LogP contribution < -0.4 is 14.8 Å². The Hall–Kier alpha value is -3.87. The average molecular weight is 405 g/mol. The summed E-state index contributed by atoms with van der Waals surface area (Å²) in [4.78, 5) is 24.3. The summed E-state index contributed by atoms with van der Waals surface area (Å²) in [6, 6.07) is 14.4. The molecule has 2 aromatic carbocycles. The molecule has 0 atom stereocenters. The highest BCUT2D eigenvalue weighted by atomic mass is 16.5. The van der Waals surface area contributed by atoms with Crippen molar-refractivity contribution in [2.75, 3.05) is 19.0 Å². The maximum absolute atomic E-state index is 12.1. The lowest BCUT2D eigenvalue weighted by molar-refractivity contribution is -0.118. The van der Waals surface area contributed by atoms with Crippen LogP contribution in [0.5, 0.6) is 11.5 Å². The number of nitrogens with zero attached hydrogens (tertiary/aromatic N) is 2. The monoisotopic (exact) mass is 405 g/mol. The van der Waals surface area contributed by atoms with E-state index in [9.17, 15) is 9.59 Å². The van der Waals surface area contributed by atoms with Gasteiger partial charge in [-0.15, -0.1) is 0 Å². The Labute approximate surface area is 174 Å². The van der Waals surface area contributed by atoms with Crippen LogP contribution in [-0.4, -0.2) is 35.2 Å². The number of nitrogens with one attached hydrogen (secondary N) is 1. The minimum atomic E-state index is -0.272. The van der Waals surface area contributed by atoms with Crippen LogP contribution in [0.3, 0.4) is 0 Å². The predicted octanol–water partition coefficient (Wildman–Crippen LogP) is 3.65. The summed E-state index contributed by atoms with van der Waals surface area (Å²) in [5.41, 5.74) is 2.96. The van der Waals surface area contributed by atoms with Crippen LogP contribution in [-0.2, 0) is 11.8 Å². The SMILES string of the molecule is COc1cc(/C=C/C(=O)c2ccn(C)n2)ccc1OCC(=O)Nc1ccc(C)cc1. The van der Waals surface area contributed by atoms with Gasteiger partial charge in [-0.2, -0.15) is 5.10 Å². The number of hydrogen-bond acceptors (Lipinski definition) is 5. The van der Waals surface area contributed by atoms with E-state index >= 15 is 0 Å². The van der Waals surface area contributed by atoms with Gasteiger partial charge in [-0.1, -0.05) is 29.8 Å². The molecule has 7 heteroatoms. The van der Waals surface area contributed by atoms with Crippen molar-refractivity contribution in [3.63, 3.8) is 0 Å². The molecule has 1 aromatic heterocycles. The van der Waals surface area contributed by atoms with E-state index in [1.54, 1.807) is 48.3 Å². The van der Waals surface area contributed by atoms with Crippen molar-refractivity contribution in [2.24, 2.45) is 7.05 Å². The lowest BCUT2D eigenvalue weighted by Crippen LogP contribution is -2.20. The number of methoxy groups -OCH3 is 1. The number of aryl methyl sites for hydroxylation is 2. The Balaban J connectivity index is 1.60. The normalized spacial score (nSPS) is 10.8. The number of anilines is 1. The van der Waals surface area contributed by atoms with Gasteiger partial charge < -0.3 is 14.8 Å². The maximum Gasteiger partial charge on any atom is 0.262 e. The van der Waals surface area contributed by atoms with E-state index in [0.29, 0.717) is 22.9 Å². The molecule has 0 aliphatic rings. The zero-order valence-electron chi connectivity index (χ0n) is 17.1. The number of ether oxygens (including phenoxy) is 2. The third kappa shape index (κ3) is 5.57. The van der Waals surface area contributed by atoms with E-state index < -0.39 is 0 Å². The van der Waals surface area contributed by atoms with E-state index in [-0.39, 0.29) is 18.3 Å². The Morgan fingerprint density at radius 1 is 1.10 bits per heavy atom. The molecule has 154 valence electrons. The molecule has 30 heavy (non-hydrogen) atoms. The third-order valence-corrected chi connectivity index (χ3v) is 4.27. The molecular weight excluding hydrogens is 382 g/mol. The van der Waals surface area contributed by atoms with Crippen LogP contribution in [0.15, 0.2) is 60.8 Å².